The van der Waals surface area contributed by atoms with Crippen molar-refractivity contribution in [1.82, 2.24) is 15.1 Å². The Hall–Kier alpha value is -3.88. The van der Waals surface area contributed by atoms with Gasteiger partial charge in [-0.25, -0.2) is 4.39 Å². The number of halogens is 1. The molecule has 3 aromatic rings. The van der Waals surface area contributed by atoms with Gasteiger partial charge in [-0.3, -0.25) is 4.79 Å². The van der Waals surface area contributed by atoms with Gasteiger partial charge < -0.3 is 24.0 Å². The van der Waals surface area contributed by atoms with E-state index in [4.69, 9.17) is 14.2 Å². The fourth-order valence-electron chi connectivity index (χ4n) is 3.66. The zero-order valence-corrected chi connectivity index (χ0v) is 17.2. The first-order valence-electron chi connectivity index (χ1n) is 10.3. The van der Waals surface area contributed by atoms with Gasteiger partial charge in [-0.1, -0.05) is 0 Å². The molecule has 0 saturated carbocycles. The zero-order chi connectivity index (χ0) is 21.9. The summed E-state index contributed by atoms with van der Waals surface area (Å²) in [5.41, 5.74) is 1.66. The number of nitrogens with zero attached hydrogens (tertiary/aromatic N) is 4. The van der Waals surface area contributed by atoms with E-state index in [9.17, 15) is 9.18 Å². The molecule has 3 heterocycles. The number of ether oxygens (including phenoxy) is 3. The van der Waals surface area contributed by atoms with E-state index in [-0.39, 0.29) is 25.1 Å². The van der Waals surface area contributed by atoms with E-state index in [0.29, 0.717) is 37.7 Å². The number of anilines is 1. The average molecular weight is 436 g/mol. The van der Waals surface area contributed by atoms with Crippen molar-refractivity contribution in [2.24, 2.45) is 0 Å². The summed E-state index contributed by atoms with van der Waals surface area (Å²) < 4.78 is 29.2. The predicted octanol–water partition coefficient (Wildman–Crippen LogP) is 2.74. The Balaban J connectivity index is 1.14. The topological polar surface area (TPSA) is 77.0 Å². The quantitative estimate of drug-likeness (QED) is 0.609. The first-order valence-corrected chi connectivity index (χ1v) is 10.3. The SMILES string of the molecule is O=C(COc1ccc(F)cc1)N1CCN(c2ccc(-c3ccc4c(c3)OCO4)nn2)CC1. The van der Waals surface area contributed by atoms with Crippen LogP contribution in [0.3, 0.4) is 0 Å². The van der Waals surface area contributed by atoms with Gasteiger partial charge in [-0.05, 0) is 54.6 Å². The van der Waals surface area contributed by atoms with E-state index in [0.717, 1.165) is 22.8 Å². The molecule has 0 atom stereocenters. The number of carbonyl (C=O) groups excluding carboxylic acids is 1. The Morgan fingerprint density at radius 2 is 1.72 bits per heavy atom. The summed E-state index contributed by atoms with van der Waals surface area (Å²) in [6, 6.07) is 15.2. The highest BCUT2D eigenvalue weighted by Gasteiger charge is 2.23. The van der Waals surface area contributed by atoms with Crippen molar-refractivity contribution in [3.05, 3.63) is 60.4 Å². The minimum atomic E-state index is -0.341. The summed E-state index contributed by atoms with van der Waals surface area (Å²) >= 11 is 0. The Bertz CT molecular complexity index is 1100. The number of amides is 1. The number of hydrogen-bond donors (Lipinski definition) is 0. The number of fused-ring (bicyclic) bond motifs is 1. The number of carbonyl (C=O) groups is 1. The van der Waals surface area contributed by atoms with Crippen LogP contribution in [-0.2, 0) is 4.79 Å². The number of benzene rings is 2. The lowest BCUT2D eigenvalue weighted by Crippen LogP contribution is -2.50. The van der Waals surface area contributed by atoms with Crippen LogP contribution in [-0.4, -0.2) is 60.6 Å². The second-order valence-electron chi connectivity index (χ2n) is 7.46. The highest BCUT2D eigenvalue weighted by Crippen LogP contribution is 2.35. The largest absolute Gasteiger partial charge is 0.484 e. The normalized spacial score (nSPS) is 15.0. The van der Waals surface area contributed by atoms with Gasteiger partial charge in [0.1, 0.15) is 11.6 Å². The van der Waals surface area contributed by atoms with Crippen molar-refractivity contribution in [3.63, 3.8) is 0 Å². The second kappa shape index (κ2) is 8.70. The number of rotatable bonds is 5. The molecule has 164 valence electrons. The first-order chi connectivity index (χ1) is 15.7. The Morgan fingerprint density at radius 1 is 0.938 bits per heavy atom. The summed E-state index contributed by atoms with van der Waals surface area (Å²) in [6.45, 7) is 2.60. The summed E-state index contributed by atoms with van der Waals surface area (Å²) in [5, 5.41) is 8.73. The van der Waals surface area contributed by atoms with E-state index in [2.05, 4.69) is 15.1 Å². The van der Waals surface area contributed by atoms with E-state index in [1.54, 1.807) is 4.90 Å². The Labute approximate surface area is 184 Å². The highest BCUT2D eigenvalue weighted by atomic mass is 19.1. The lowest BCUT2D eigenvalue weighted by molar-refractivity contribution is -0.133. The van der Waals surface area contributed by atoms with Crippen LogP contribution in [0, 0.1) is 5.82 Å². The van der Waals surface area contributed by atoms with Crippen LogP contribution in [0.25, 0.3) is 11.3 Å². The van der Waals surface area contributed by atoms with Gasteiger partial charge in [-0.15, -0.1) is 10.2 Å². The molecular weight excluding hydrogens is 415 g/mol. The third-order valence-corrected chi connectivity index (χ3v) is 5.45. The molecule has 9 heteroatoms. The van der Waals surface area contributed by atoms with Crippen LogP contribution in [0.1, 0.15) is 0 Å². The third kappa shape index (κ3) is 4.27. The van der Waals surface area contributed by atoms with Gasteiger partial charge in [-0.2, -0.15) is 0 Å². The summed E-state index contributed by atoms with van der Waals surface area (Å²) in [6.07, 6.45) is 0. The molecule has 1 saturated heterocycles. The second-order valence-corrected chi connectivity index (χ2v) is 7.46. The molecule has 5 rings (SSSR count). The minimum absolute atomic E-state index is 0.0737. The van der Waals surface area contributed by atoms with Crippen molar-refractivity contribution < 1.29 is 23.4 Å². The summed E-state index contributed by atoms with van der Waals surface area (Å²) in [5.74, 6) is 2.23. The maximum absolute atomic E-state index is 13.0. The van der Waals surface area contributed by atoms with Gasteiger partial charge in [0, 0.05) is 31.7 Å². The number of piperazine rings is 1. The average Bonchev–Trinajstić information content (AvgIpc) is 3.32. The molecule has 2 aromatic carbocycles. The molecule has 0 radical (unpaired) electrons. The van der Waals surface area contributed by atoms with Crippen LogP contribution in [0.5, 0.6) is 17.2 Å². The fraction of sp³-hybridized carbons (Fsp3) is 0.261. The molecule has 0 spiro atoms. The van der Waals surface area contributed by atoms with Crippen LogP contribution in [0.2, 0.25) is 0 Å². The molecule has 32 heavy (non-hydrogen) atoms. The lowest BCUT2D eigenvalue weighted by Gasteiger charge is -2.35. The molecule has 0 bridgehead atoms. The zero-order valence-electron chi connectivity index (χ0n) is 17.2. The van der Waals surface area contributed by atoms with E-state index in [1.807, 2.05) is 30.3 Å². The molecule has 8 nitrogen and oxygen atoms in total. The van der Waals surface area contributed by atoms with Crippen molar-refractivity contribution in [2.75, 3.05) is 44.5 Å². The van der Waals surface area contributed by atoms with Crippen LogP contribution in [0.4, 0.5) is 10.2 Å². The molecular formula is C23H21FN4O4. The monoisotopic (exact) mass is 436 g/mol. The van der Waals surface area contributed by atoms with Gasteiger partial charge >= 0.3 is 0 Å². The van der Waals surface area contributed by atoms with E-state index >= 15 is 0 Å². The maximum atomic E-state index is 13.0. The lowest BCUT2D eigenvalue weighted by atomic mass is 10.1. The molecule has 1 fully saturated rings. The molecule has 2 aliphatic rings. The van der Waals surface area contributed by atoms with Crippen LogP contribution < -0.4 is 19.1 Å². The van der Waals surface area contributed by atoms with Gasteiger partial charge in [0.2, 0.25) is 6.79 Å². The molecule has 1 aromatic heterocycles. The molecule has 2 aliphatic heterocycles. The van der Waals surface area contributed by atoms with Crippen molar-refractivity contribution >= 4 is 11.7 Å². The number of hydrogen-bond acceptors (Lipinski definition) is 7. The van der Waals surface area contributed by atoms with Gasteiger partial charge in [0.15, 0.2) is 23.9 Å². The highest BCUT2D eigenvalue weighted by molar-refractivity contribution is 5.78. The standard InChI is InChI=1S/C23H21FN4O4/c24-17-2-4-18(5-3-17)30-14-23(29)28-11-9-27(10-12-28)22-8-6-19(25-26-22)16-1-7-20-21(13-16)32-15-31-20/h1-8,13H,9-12,14-15H2. The Kier molecular flexibility index (Phi) is 5.45. The Morgan fingerprint density at radius 3 is 2.47 bits per heavy atom. The van der Waals surface area contributed by atoms with Crippen molar-refractivity contribution in [3.8, 4) is 28.5 Å². The maximum Gasteiger partial charge on any atom is 0.260 e. The third-order valence-electron chi connectivity index (χ3n) is 5.45. The molecule has 1 amide bonds. The molecule has 0 aliphatic carbocycles. The van der Waals surface area contributed by atoms with Crippen molar-refractivity contribution in [2.45, 2.75) is 0 Å². The number of aromatic nitrogens is 2. The minimum Gasteiger partial charge on any atom is -0.484 e. The van der Waals surface area contributed by atoms with Crippen molar-refractivity contribution in [1.29, 1.82) is 0 Å². The predicted molar refractivity (Wildman–Crippen MR) is 114 cm³/mol. The van der Waals surface area contributed by atoms with Crippen LogP contribution in [0.15, 0.2) is 54.6 Å². The summed E-state index contributed by atoms with van der Waals surface area (Å²) in [7, 11) is 0. The van der Waals surface area contributed by atoms with E-state index in [1.165, 1.54) is 24.3 Å². The first kappa shape index (κ1) is 20.0. The van der Waals surface area contributed by atoms with Gasteiger partial charge in [0.25, 0.3) is 5.91 Å². The fourth-order valence-corrected chi connectivity index (χ4v) is 3.66. The smallest absolute Gasteiger partial charge is 0.260 e. The van der Waals surface area contributed by atoms with Crippen LogP contribution >= 0.6 is 0 Å². The van der Waals surface area contributed by atoms with Gasteiger partial charge in [0.05, 0.1) is 5.69 Å². The molecule has 0 N–H and O–H groups in total. The molecule has 0 unspecified atom stereocenters. The summed E-state index contributed by atoms with van der Waals surface area (Å²) in [4.78, 5) is 16.3. The van der Waals surface area contributed by atoms with E-state index < -0.39 is 0 Å².